The number of allylic oxidation sites excluding steroid dienone is 1. The van der Waals surface area contributed by atoms with Gasteiger partial charge < -0.3 is 14.0 Å². The maximum absolute atomic E-state index is 7.22. The number of nitrogens with zero attached hydrogens (tertiary/aromatic N) is 1. The SMILES string of the molecule is C1=Cc2c(c3cc(-c4cccc5c4Oc4cc(-c6ccccc6)ccc4C54c5ccccc5Oc5ccccc54)ccc3n2-c2ccccc2)CC1. The molecule has 11 rings (SSSR count). The van der Waals surface area contributed by atoms with Crippen LogP contribution in [0.15, 0.2) is 170 Å². The molecule has 1 spiro atoms. The molecule has 0 bridgehead atoms. The summed E-state index contributed by atoms with van der Waals surface area (Å²) in [5.74, 6) is 3.45. The number of aromatic nitrogens is 1. The summed E-state index contributed by atoms with van der Waals surface area (Å²) in [6, 6.07) is 58.6. The summed E-state index contributed by atoms with van der Waals surface area (Å²) in [5, 5.41) is 1.29. The lowest BCUT2D eigenvalue weighted by Crippen LogP contribution is -2.37. The van der Waals surface area contributed by atoms with Crippen LogP contribution in [0.1, 0.15) is 39.9 Å². The van der Waals surface area contributed by atoms with Crippen molar-refractivity contribution in [3.63, 3.8) is 0 Å². The predicted molar refractivity (Wildman–Crippen MR) is 210 cm³/mol. The first kappa shape index (κ1) is 29.2. The van der Waals surface area contributed by atoms with Crippen molar-refractivity contribution in [1.29, 1.82) is 0 Å². The highest BCUT2D eigenvalue weighted by atomic mass is 16.5. The monoisotopic (exact) mass is 667 g/mol. The van der Waals surface area contributed by atoms with Crippen molar-refractivity contribution in [2.75, 3.05) is 0 Å². The number of rotatable bonds is 3. The largest absolute Gasteiger partial charge is 0.457 e. The van der Waals surface area contributed by atoms with Crippen LogP contribution in [-0.4, -0.2) is 4.57 Å². The smallest absolute Gasteiger partial charge is 0.140 e. The van der Waals surface area contributed by atoms with E-state index in [9.17, 15) is 0 Å². The minimum absolute atomic E-state index is 0.662. The van der Waals surface area contributed by atoms with E-state index < -0.39 is 5.41 Å². The van der Waals surface area contributed by atoms with Gasteiger partial charge in [0.2, 0.25) is 0 Å². The molecule has 0 atom stereocenters. The molecule has 1 aliphatic carbocycles. The van der Waals surface area contributed by atoms with Crippen molar-refractivity contribution in [1.82, 2.24) is 4.57 Å². The molecular weight excluding hydrogens is 635 g/mol. The zero-order chi connectivity index (χ0) is 34.2. The van der Waals surface area contributed by atoms with Crippen LogP contribution in [0.5, 0.6) is 23.0 Å². The van der Waals surface area contributed by atoms with Crippen LogP contribution in [-0.2, 0) is 11.8 Å². The van der Waals surface area contributed by atoms with E-state index in [-0.39, 0.29) is 0 Å². The molecule has 0 saturated heterocycles. The topological polar surface area (TPSA) is 23.4 Å². The first-order valence-electron chi connectivity index (χ1n) is 18.1. The summed E-state index contributed by atoms with van der Waals surface area (Å²) >= 11 is 0. The third-order valence-electron chi connectivity index (χ3n) is 11.2. The number of hydrogen-bond acceptors (Lipinski definition) is 2. The number of para-hydroxylation sites is 4. The second-order valence-corrected chi connectivity index (χ2v) is 13.9. The van der Waals surface area contributed by atoms with Gasteiger partial charge in [-0.3, -0.25) is 0 Å². The lowest BCUT2D eigenvalue weighted by molar-refractivity contribution is 0.400. The Bertz CT molecular complexity index is 2690. The van der Waals surface area contributed by atoms with Gasteiger partial charge in [-0.05, 0) is 83.6 Å². The van der Waals surface area contributed by atoms with Crippen LogP contribution < -0.4 is 9.47 Å². The average Bonchev–Trinajstić information content (AvgIpc) is 3.55. The highest BCUT2D eigenvalue weighted by molar-refractivity contribution is 5.95. The highest BCUT2D eigenvalue weighted by Crippen LogP contribution is 2.63. The van der Waals surface area contributed by atoms with Gasteiger partial charge in [-0.15, -0.1) is 0 Å². The van der Waals surface area contributed by atoms with Crippen molar-refractivity contribution in [2.45, 2.75) is 18.3 Å². The first-order chi connectivity index (χ1) is 25.8. The molecule has 8 aromatic rings. The molecule has 3 heteroatoms. The second kappa shape index (κ2) is 11.2. The summed E-state index contributed by atoms with van der Waals surface area (Å²) in [7, 11) is 0. The van der Waals surface area contributed by atoms with E-state index in [1.807, 2.05) is 0 Å². The van der Waals surface area contributed by atoms with Crippen LogP contribution in [0, 0.1) is 0 Å². The molecule has 0 radical (unpaired) electrons. The van der Waals surface area contributed by atoms with Gasteiger partial charge in [0.1, 0.15) is 23.0 Å². The van der Waals surface area contributed by atoms with Gasteiger partial charge in [-0.2, -0.15) is 0 Å². The van der Waals surface area contributed by atoms with Crippen molar-refractivity contribution in [3.05, 3.63) is 203 Å². The van der Waals surface area contributed by atoms with E-state index in [4.69, 9.17) is 9.47 Å². The molecule has 0 N–H and O–H groups in total. The molecule has 1 aromatic heterocycles. The van der Waals surface area contributed by atoms with Gasteiger partial charge in [-0.1, -0.05) is 127 Å². The predicted octanol–water partition coefficient (Wildman–Crippen LogP) is 12.5. The minimum atomic E-state index is -0.662. The highest BCUT2D eigenvalue weighted by Gasteiger charge is 2.51. The van der Waals surface area contributed by atoms with Crippen LogP contribution in [0.4, 0.5) is 0 Å². The molecule has 246 valence electrons. The number of ether oxygens (including phenoxy) is 2. The molecule has 3 aliphatic rings. The standard InChI is InChI=1S/C49H33NO2/c1-3-14-32(15-4-1)33-26-28-41-47(31-33)52-48-36(19-13-22-42(48)49(41)39-20-8-11-24-45(39)51-46-25-12-9-21-40(46)49)34-27-29-44-38(30-34)37-18-7-10-23-43(37)50(44)35-16-5-2-6-17-35/h1-6,8-17,19-31H,7,18H2. The molecule has 3 nitrogen and oxygen atoms in total. The third-order valence-corrected chi connectivity index (χ3v) is 11.2. The van der Waals surface area contributed by atoms with Crippen molar-refractivity contribution in [3.8, 4) is 50.9 Å². The van der Waals surface area contributed by atoms with E-state index in [0.29, 0.717) is 0 Å². The van der Waals surface area contributed by atoms with E-state index in [2.05, 4.69) is 181 Å². The van der Waals surface area contributed by atoms with E-state index in [0.717, 1.165) is 80.3 Å². The van der Waals surface area contributed by atoms with Crippen LogP contribution in [0.25, 0.3) is 44.9 Å². The fourth-order valence-electron chi connectivity index (χ4n) is 8.98. The molecule has 0 amide bonds. The Morgan fingerprint density at radius 1 is 0.500 bits per heavy atom. The van der Waals surface area contributed by atoms with Gasteiger partial charge in [0, 0.05) is 44.6 Å². The quantitative estimate of drug-likeness (QED) is 0.187. The Labute approximate surface area is 302 Å². The average molecular weight is 668 g/mol. The Morgan fingerprint density at radius 3 is 1.96 bits per heavy atom. The van der Waals surface area contributed by atoms with Crippen LogP contribution in [0.3, 0.4) is 0 Å². The molecule has 0 saturated carbocycles. The molecule has 52 heavy (non-hydrogen) atoms. The Kier molecular flexibility index (Phi) is 6.29. The number of aryl methyl sites for hydroxylation is 1. The summed E-state index contributed by atoms with van der Waals surface area (Å²) in [4.78, 5) is 0. The Hall–Kier alpha value is -6.58. The van der Waals surface area contributed by atoms with Crippen LogP contribution in [0.2, 0.25) is 0 Å². The third kappa shape index (κ3) is 4.08. The van der Waals surface area contributed by atoms with Gasteiger partial charge >= 0.3 is 0 Å². The molecular formula is C49H33NO2. The molecule has 0 fully saturated rings. The fraction of sp³-hybridized carbons (Fsp3) is 0.0612. The number of hydrogen-bond donors (Lipinski definition) is 0. The molecule has 0 unspecified atom stereocenters. The maximum atomic E-state index is 7.22. The molecule has 7 aromatic carbocycles. The lowest BCUT2D eigenvalue weighted by atomic mass is 9.62. The van der Waals surface area contributed by atoms with Gasteiger partial charge in [0.25, 0.3) is 0 Å². The van der Waals surface area contributed by atoms with Gasteiger partial charge in [0.15, 0.2) is 0 Å². The summed E-state index contributed by atoms with van der Waals surface area (Å²) in [6.45, 7) is 0. The molecule has 2 aliphatic heterocycles. The number of fused-ring (bicyclic) bond motifs is 11. The van der Waals surface area contributed by atoms with Crippen LogP contribution >= 0.6 is 0 Å². The van der Waals surface area contributed by atoms with Crippen molar-refractivity contribution in [2.24, 2.45) is 0 Å². The number of benzene rings is 7. The van der Waals surface area contributed by atoms with E-state index in [1.165, 1.54) is 27.8 Å². The lowest BCUT2D eigenvalue weighted by Gasteiger charge is -2.45. The Morgan fingerprint density at radius 2 is 1.17 bits per heavy atom. The van der Waals surface area contributed by atoms with Gasteiger partial charge in [-0.25, -0.2) is 0 Å². The minimum Gasteiger partial charge on any atom is -0.457 e. The Balaban J connectivity index is 1.19. The van der Waals surface area contributed by atoms with Crippen molar-refractivity contribution >= 4 is 17.0 Å². The summed E-state index contributed by atoms with van der Waals surface area (Å²) in [6.07, 6.45) is 6.65. The van der Waals surface area contributed by atoms with Gasteiger partial charge in [0.05, 0.1) is 10.9 Å². The zero-order valence-electron chi connectivity index (χ0n) is 28.4. The molecule has 3 heterocycles. The normalized spacial score (nSPS) is 14.4. The fourth-order valence-corrected chi connectivity index (χ4v) is 8.98. The summed E-state index contributed by atoms with van der Waals surface area (Å²) in [5.41, 5.74) is 13.3. The zero-order valence-corrected chi connectivity index (χ0v) is 28.4. The maximum Gasteiger partial charge on any atom is 0.140 e. The van der Waals surface area contributed by atoms with E-state index in [1.54, 1.807) is 0 Å². The van der Waals surface area contributed by atoms with E-state index >= 15 is 0 Å². The summed E-state index contributed by atoms with van der Waals surface area (Å²) < 4.78 is 16.3. The second-order valence-electron chi connectivity index (χ2n) is 13.9. The first-order valence-corrected chi connectivity index (χ1v) is 18.1. The van der Waals surface area contributed by atoms with Crippen molar-refractivity contribution < 1.29 is 9.47 Å².